The van der Waals surface area contributed by atoms with Crippen molar-refractivity contribution in [1.82, 2.24) is 4.31 Å². The SMILES string of the molecule is CN(C1CCC(=O)CC1)S(=O)(=O)CC1CC1. The summed E-state index contributed by atoms with van der Waals surface area (Å²) in [5.74, 6) is 0.954. The maximum atomic E-state index is 12.0. The maximum absolute atomic E-state index is 12.0. The number of hydrogen-bond donors (Lipinski definition) is 0. The summed E-state index contributed by atoms with van der Waals surface area (Å²) in [5.41, 5.74) is 0. The van der Waals surface area contributed by atoms with Gasteiger partial charge in [-0.25, -0.2) is 12.7 Å². The molecule has 0 N–H and O–H groups in total. The van der Waals surface area contributed by atoms with Gasteiger partial charge in [0, 0.05) is 25.9 Å². The Balaban J connectivity index is 1.94. The summed E-state index contributed by atoms with van der Waals surface area (Å²) in [6, 6.07) is 0.0430. The number of carbonyl (C=O) groups is 1. The molecule has 0 radical (unpaired) electrons. The van der Waals surface area contributed by atoms with Gasteiger partial charge >= 0.3 is 0 Å². The average Bonchev–Trinajstić information content (AvgIpc) is 3.01. The molecular formula is C11H19NO3S. The van der Waals surface area contributed by atoms with Crippen molar-refractivity contribution < 1.29 is 13.2 Å². The zero-order valence-corrected chi connectivity index (χ0v) is 10.5. The molecule has 0 aromatic rings. The Morgan fingerprint density at radius 3 is 2.25 bits per heavy atom. The Morgan fingerprint density at radius 1 is 1.19 bits per heavy atom. The first-order chi connectivity index (χ1) is 7.49. The van der Waals surface area contributed by atoms with E-state index in [2.05, 4.69) is 0 Å². The number of ketones is 1. The molecule has 5 heteroatoms. The van der Waals surface area contributed by atoms with Crippen LogP contribution in [0.2, 0.25) is 0 Å². The molecule has 2 aliphatic carbocycles. The second-order valence-corrected chi connectivity index (χ2v) is 7.08. The number of carbonyl (C=O) groups excluding carboxylic acids is 1. The van der Waals surface area contributed by atoms with E-state index in [1.54, 1.807) is 7.05 Å². The molecule has 92 valence electrons. The lowest BCUT2D eigenvalue weighted by Crippen LogP contribution is -2.41. The highest BCUT2D eigenvalue weighted by Gasteiger charge is 2.34. The lowest BCUT2D eigenvalue weighted by Gasteiger charge is -2.29. The van der Waals surface area contributed by atoms with E-state index in [1.165, 1.54) is 4.31 Å². The summed E-state index contributed by atoms with van der Waals surface area (Å²) in [5, 5.41) is 0. The summed E-state index contributed by atoms with van der Waals surface area (Å²) in [7, 11) is -1.43. The van der Waals surface area contributed by atoms with Crippen LogP contribution in [-0.2, 0) is 14.8 Å². The first kappa shape index (κ1) is 12.0. The third-order valence-corrected chi connectivity index (χ3v) is 5.68. The van der Waals surface area contributed by atoms with Gasteiger partial charge in [0.15, 0.2) is 0 Å². The fraction of sp³-hybridized carbons (Fsp3) is 0.909. The molecule has 0 aromatic heterocycles. The lowest BCUT2D eigenvalue weighted by molar-refractivity contribution is -0.120. The molecule has 0 atom stereocenters. The van der Waals surface area contributed by atoms with Crippen LogP contribution in [0.3, 0.4) is 0 Å². The highest BCUT2D eigenvalue weighted by Crippen LogP contribution is 2.32. The van der Waals surface area contributed by atoms with Crippen molar-refractivity contribution in [2.45, 2.75) is 44.6 Å². The Morgan fingerprint density at radius 2 is 1.75 bits per heavy atom. The van der Waals surface area contributed by atoms with Gasteiger partial charge in [-0.05, 0) is 31.6 Å². The van der Waals surface area contributed by atoms with Gasteiger partial charge < -0.3 is 0 Å². The molecule has 0 aliphatic heterocycles. The minimum atomic E-state index is -3.09. The lowest BCUT2D eigenvalue weighted by atomic mass is 9.95. The van der Waals surface area contributed by atoms with Crippen molar-refractivity contribution in [2.24, 2.45) is 5.92 Å². The van der Waals surface area contributed by atoms with Gasteiger partial charge in [0.1, 0.15) is 5.78 Å². The second-order valence-electron chi connectivity index (χ2n) is 5.01. The standard InChI is InChI=1S/C11H19NO3S/c1-12(10-4-6-11(13)7-5-10)16(14,15)8-9-2-3-9/h9-10H,2-8H2,1H3. The molecule has 2 rings (SSSR count). The van der Waals surface area contributed by atoms with Crippen molar-refractivity contribution in [3.63, 3.8) is 0 Å². The molecular weight excluding hydrogens is 226 g/mol. The highest BCUT2D eigenvalue weighted by atomic mass is 32.2. The summed E-state index contributed by atoms with van der Waals surface area (Å²) < 4.78 is 25.5. The van der Waals surface area contributed by atoms with E-state index in [0.29, 0.717) is 37.4 Å². The summed E-state index contributed by atoms with van der Waals surface area (Å²) in [4.78, 5) is 11.1. The number of Topliss-reactive ketones (excluding diaryl/α,β-unsaturated/α-hetero) is 1. The molecule has 2 saturated carbocycles. The number of rotatable bonds is 4. The van der Waals surface area contributed by atoms with Crippen LogP contribution in [0.25, 0.3) is 0 Å². The summed E-state index contributed by atoms with van der Waals surface area (Å²) >= 11 is 0. The van der Waals surface area contributed by atoms with E-state index in [4.69, 9.17) is 0 Å². The Kier molecular flexibility index (Phi) is 3.35. The molecule has 2 fully saturated rings. The van der Waals surface area contributed by atoms with Crippen LogP contribution >= 0.6 is 0 Å². The number of sulfonamides is 1. The molecule has 4 nitrogen and oxygen atoms in total. The maximum Gasteiger partial charge on any atom is 0.214 e. The van der Waals surface area contributed by atoms with E-state index >= 15 is 0 Å². The zero-order chi connectivity index (χ0) is 11.8. The fourth-order valence-electron chi connectivity index (χ4n) is 2.22. The van der Waals surface area contributed by atoms with E-state index < -0.39 is 10.0 Å². The molecule has 0 heterocycles. The normalized spacial score (nSPS) is 24.0. The minimum Gasteiger partial charge on any atom is -0.300 e. The Bertz CT molecular complexity index is 363. The molecule has 0 amide bonds. The molecule has 0 aromatic carbocycles. The predicted molar refractivity (Wildman–Crippen MR) is 61.5 cm³/mol. The summed E-state index contributed by atoms with van der Waals surface area (Å²) in [6.45, 7) is 0. The Labute approximate surface area is 97.1 Å². The highest BCUT2D eigenvalue weighted by molar-refractivity contribution is 7.89. The van der Waals surface area contributed by atoms with Crippen LogP contribution in [0, 0.1) is 5.92 Å². The van der Waals surface area contributed by atoms with Gasteiger partial charge in [0.05, 0.1) is 5.75 Å². The predicted octanol–water partition coefficient (Wildman–Crippen LogP) is 1.17. The Hall–Kier alpha value is -0.420. The monoisotopic (exact) mass is 245 g/mol. The van der Waals surface area contributed by atoms with Crippen LogP contribution in [-0.4, -0.2) is 37.3 Å². The van der Waals surface area contributed by atoms with Crippen molar-refractivity contribution in [1.29, 1.82) is 0 Å². The quantitative estimate of drug-likeness (QED) is 0.747. The number of hydrogen-bond acceptors (Lipinski definition) is 3. The zero-order valence-electron chi connectivity index (χ0n) is 9.68. The van der Waals surface area contributed by atoms with Gasteiger partial charge in [-0.1, -0.05) is 0 Å². The van der Waals surface area contributed by atoms with E-state index in [-0.39, 0.29) is 11.8 Å². The second kappa shape index (κ2) is 4.45. The van der Waals surface area contributed by atoms with Crippen molar-refractivity contribution in [2.75, 3.05) is 12.8 Å². The van der Waals surface area contributed by atoms with Crippen LogP contribution in [0.5, 0.6) is 0 Å². The first-order valence-electron chi connectivity index (χ1n) is 5.96. The molecule has 0 saturated heterocycles. The molecule has 2 aliphatic rings. The van der Waals surface area contributed by atoms with Gasteiger partial charge in [-0.15, -0.1) is 0 Å². The topological polar surface area (TPSA) is 54.5 Å². The first-order valence-corrected chi connectivity index (χ1v) is 7.57. The van der Waals surface area contributed by atoms with Crippen molar-refractivity contribution in [3.05, 3.63) is 0 Å². The minimum absolute atomic E-state index is 0.0430. The number of nitrogens with zero attached hydrogens (tertiary/aromatic N) is 1. The largest absolute Gasteiger partial charge is 0.300 e. The van der Waals surface area contributed by atoms with Gasteiger partial charge in [0.2, 0.25) is 10.0 Å². The van der Waals surface area contributed by atoms with E-state index in [1.807, 2.05) is 0 Å². The van der Waals surface area contributed by atoms with E-state index in [9.17, 15) is 13.2 Å². The average molecular weight is 245 g/mol. The van der Waals surface area contributed by atoms with Crippen molar-refractivity contribution in [3.8, 4) is 0 Å². The smallest absolute Gasteiger partial charge is 0.214 e. The van der Waals surface area contributed by atoms with Crippen LogP contribution in [0.15, 0.2) is 0 Å². The van der Waals surface area contributed by atoms with Crippen LogP contribution < -0.4 is 0 Å². The van der Waals surface area contributed by atoms with Gasteiger partial charge in [-0.3, -0.25) is 4.79 Å². The van der Waals surface area contributed by atoms with Crippen molar-refractivity contribution >= 4 is 15.8 Å². The molecule has 0 bridgehead atoms. The van der Waals surface area contributed by atoms with Crippen LogP contribution in [0.4, 0.5) is 0 Å². The van der Waals surface area contributed by atoms with E-state index in [0.717, 1.165) is 12.8 Å². The molecule has 0 unspecified atom stereocenters. The van der Waals surface area contributed by atoms with Crippen LogP contribution in [0.1, 0.15) is 38.5 Å². The van der Waals surface area contributed by atoms with Gasteiger partial charge in [-0.2, -0.15) is 0 Å². The fourth-order valence-corrected chi connectivity index (χ4v) is 4.04. The third kappa shape index (κ3) is 2.83. The summed E-state index contributed by atoms with van der Waals surface area (Å²) in [6.07, 6.45) is 4.56. The van der Waals surface area contributed by atoms with Gasteiger partial charge in [0.25, 0.3) is 0 Å². The molecule has 0 spiro atoms. The molecule has 16 heavy (non-hydrogen) atoms. The third-order valence-electron chi connectivity index (χ3n) is 3.61.